The number of carbonyl (C=O) groups excluding carboxylic acids is 1. The van der Waals surface area contributed by atoms with E-state index in [2.05, 4.69) is 0 Å². The highest BCUT2D eigenvalue weighted by Crippen LogP contribution is 2.25. The Bertz CT molecular complexity index is 563. The van der Waals surface area contributed by atoms with Crippen LogP contribution >= 0.6 is 46.1 Å². The zero-order chi connectivity index (χ0) is 12.4. The van der Waals surface area contributed by atoms with Gasteiger partial charge in [-0.15, -0.1) is 11.3 Å². The first-order valence-corrected chi connectivity index (χ1v) is 6.74. The van der Waals surface area contributed by atoms with Crippen LogP contribution in [0.1, 0.15) is 15.2 Å². The molecular weight excluding hydrogens is 299 g/mol. The zero-order valence-electron chi connectivity index (χ0n) is 8.54. The largest absolute Gasteiger partial charge is 0.294 e. The van der Waals surface area contributed by atoms with Gasteiger partial charge in [-0.05, 0) is 30.3 Å². The molecule has 17 heavy (non-hydrogen) atoms. The second-order valence-electron chi connectivity index (χ2n) is 3.43. The van der Waals surface area contributed by atoms with E-state index in [-0.39, 0.29) is 5.78 Å². The first-order valence-electron chi connectivity index (χ1n) is 4.79. The highest BCUT2D eigenvalue weighted by Gasteiger charge is 2.10. The predicted molar refractivity (Wildman–Crippen MR) is 73.8 cm³/mol. The predicted octanol–water partition coefficient (Wildman–Crippen LogP) is 5.13. The van der Waals surface area contributed by atoms with Crippen molar-refractivity contribution in [1.29, 1.82) is 0 Å². The normalized spacial score (nSPS) is 10.5. The lowest BCUT2D eigenvalue weighted by Gasteiger charge is -2.01. The highest BCUT2D eigenvalue weighted by atomic mass is 35.5. The van der Waals surface area contributed by atoms with E-state index in [0.717, 1.165) is 4.88 Å². The Morgan fingerprint density at radius 3 is 2.41 bits per heavy atom. The lowest BCUT2D eigenvalue weighted by atomic mass is 10.1. The van der Waals surface area contributed by atoms with Gasteiger partial charge < -0.3 is 0 Å². The molecule has 0 aliphatic carbocycles. The third-order valence-corrected chi connectivity index (χ3v) is 4.18. The summed E-state index contributed by atoms with van der Waals surface area (Å²) >= 11 is 18.9. The molecule has 0 spiro atoms. The number of thiophene rings is 1. The van der Waals surface area contributed by atoms with Crippen LogP contribution < -0.4 is 0 Å². The SMILES string of the molecule is O=C(Cc1ccc(Cl)s1)c1ccc(Cl)c(Cl)c1. The second kappa shape index (κ2) is 5.40. The fourth-order valence-electron chi connectivity index (χ4n) is 1.38. The average Bonchev–Trinajstić information content (AvgIpc) is 2.68. The Labute approximate surface area is 118 Å². The maximum absolute atomic E-state index is 11.9. The van der Waals surface area contributed by atoms with Gasteiger partial charge in [0.25, 0.3) is 0 Å². The number of ketones is 1. The van der Waals surface area contributed by atoms with Gasteiger partial charge in [0.15, 0.2) is 5.78 Å². The van der Waals surface area contributed by atoms with E-state index in [1.165, 1.54) is 11.3 Å². The molecule has 1 heterocycles. The summed E-state index contributed by atoms with van der Waals surface area (Å²) in [6.07, 6.45) is 0.329. The van der Waals surface area contributed by atoms with E-state index in [0.29, 0.717) is 26.4 Å². The number of hydrogen-bond acceptors (Lipinski definition) is 2. The summed E-state index contributed by atoms with van der Waals surface area (Å²) in [7, 11) is 0. The molecule has 0 amide bonds. The first kappa shape index (κ1) is 12.9. The van der Waals surface area contributed by atoms with Crippen LogP contribution in [0, 0.1) is 0 Å². The fourth-order valence-corrected chi connectivity index (χ4v) is 2.76. The van der Waals surface area contributed by atoms with Crippen LogP contribution in [0.25, 0.3) is 0 Å². The van der Waals surface area contributed by atoms with Crippen molar-refractivity contribution in [3.63, 3.8) is 0 Å². The number of halogens is 3. The van der Waals surface area contributed by atoms with Gasteiger partial charge in [0, 0.05) is 16.9 Å². The third kappa shape index (κ3) is 3.23. The molecule has 0 radical (unpaired) electrons. The van der Waals surface area contributed by atoms with Crippen LogP contribution in [-0.4, -0.2) is 5.78 Å². The number of hydrogen-bond donors (Lipinski definition) is 0. The monoisotopic (exact) mass is 304 g/mol. The molecular formula is C12H7Cl3OS. The van der Waals surface area contributed by atoms with Gasteiger partial charge >= 0.3 is 0 Å². The van der Waals surface area contributed by atoms with Gasteiger partial charge in [-0.2, -0.15) is 0 Å². The summed E-state index contributed by atoms with van der Waals surface area (Å²) in [5.41, 5.74) is 0.559. The Morgan fingerprint density at radius 2 is 1.82 bits per heavy atom. The van der Waals surface area contributed by atoms with E-state index < -0.39 is 0 Å². The van der Waals surface area contributed by atoms with Crippen molar-refractivity contribution in [2.45, 2.75) is 6.42 Å². The maximum Gasteiger partial charge on any atom is 0.168 e. The molecule has 0 saturated heterocycles. The minimum absolute atomic E-state index is 0.00193. The molecule has 0 N–H and O–H groups in total. The Hall–Kier alpha value is -0.540. The summed E-state index contributed by atoms with van der Waals surface area (Å²) in [5.74, 6) is 0.00193. The second-order valence-corrected chi connectivity index (χ2v) is 6.05. The highest BCUT2D eigenvalue weighted by molar-refractivity contribution is 7.16. The lowest BCUT2D eigenvalue weighted by Crippen LogP contribution is -2.01. The quantitative estimate of drug-likeness (QED) is 0.718. The van der Waals surface area contributed by atoms with E-state index in [9.17, 15) is 4.79 Å². The summed E-state index contributed by atoms with van der Waals surface area (Å²) in [6, 6.07) is 8.51. The van der Waals surface area contributed by atoms with Crippen LogP contribution in [0.3, 0.4) is 0 Å². The fraction of sp³-hybridized carbons (Fsp3) is 0.0833. The van der Waals surface area contributed by atoms with Crippen molar-refractivity contribution in [3.05, 3.63) is 55.2 Å². The van der Waals surface area contributed by atoms with Gasteiger partial charge in [-0.1, -0.05) is 34.8 Å². The summed E-state index contributed by atoms with van der Waals surface area (Å²) in [5, 5.41) is 0.837. The van der Waals surface area contributed by atoms with E-state index in [1.807, 2.05) is 6.07 Å². The van der Waals surface area contributed by atoms with E-state index >= 15 is 0 Å². The van der Waals surface area contributed by atoms with Crippen molar-refractivity contribution in [1.82, 2.24) is 0 Å². The van der Waals surface area contributed by atoms with Crippen molar-refractivity contribution in [3.8, 4) is 0 Å². The van der Waals surface area contributed by atoms with Gasteiger partial charge in [0.05, 0.1) is 14.4 Å². The Morgan fingerprint density at radius 1 is 1.06 bits per heavy atom. The van der Waals surface area contributed by atoms with Crippen LogP contribution in [0.4, 0.5) is 0 Å². The van der Waals surface area contributed by atoms with Crippen molar-refractivity contribution in [2.75, 3.05) is 0 Å². The molecule has 0 fully saturated rings. The van der Waals surface area contributed by atoms with Gasteiger partial charge in [0.2, 0.25) is 0 Å². The van der Waals surface area contributed by atoms with Gasteiger partial charge in [0.1, 0.15) is 0 Å². The topological polar surface area (TPSA) is 17.1 Å². The van der Waals surface area contributed by atoms with E-state index in [4.69, 9.17) is 34.8 Å². The van der Waals surface area contributed by atoms with E-state index in [1.54, 1.807) is 24.3 Å². The van der Waals surface area contributed by atoms with Crippen LogP contribution in [0.5, 0.6) is 0 Å². The molecule has 88 valence electrons. The minimum Gasteiger partial charge on any atom is -0.294 e. The summed E-state index contributed by atoms with van der Waals surface area (Å²) < 4.78 is 0.682. The Kier molecular flexibility index (Phi) is 4.10. The summed E-state index contributed by atoms with van der Waals surface area (Å²) in [4.78, 5) is 12.9. The standard InChI is InChI=1S/C12H7Cl3OS/c13-9-3-1-7(5-10(9)14)11(16)6-8-2-4-12(15)17-8/h1-5H,6H2. The molecule has 5 heteroatoms. The van der Waals surface area contributed by atoms with Crippen LogP contribution in [0.15, 0.2) is 30.3 Å². The van der Waals surface area contributed by atoms with Crippen molar-refractivity contribution < 1.29 is 4.79 Å². The molecule has 0 bridgehead atoms. The lowest BCUT2D eigenvalue weighted by molar-refractivity contribution is 0.0994. The molecule has 0 saturated carbocycles. The molecule has 0 atom stereocenters. The molecule has 2 aromatic rings. The molecule has 0 unspecified atom stereocenters. The molecule has 1 nitrogen and oxygen atoms in total. The number of Topliss-reactive ketones (excluding diaryl/α,β-unsaturated/α-hetero) is 1. The first-order chi connectivity index (χ1) is 8.06. The molecule has 0 aliphatic heterocycles. The maximum atomic E-state index is 11.9. The smallest absolute Gasteiger partial charge is 0.168 e. The summed E-state index contributed by atoms with van der Waals surface area (Å²) in [6.45, 7) is 0. The van der Waals surface area contributed by atoms with Gasteiger partial charge in [-0.25, -0.2) is 0 Å². The zero-order valence-corrected chi connectivity index (χ0v) is 11.6. The van der Waals surface area contributed by atoms with Crippen LogP contribution in [0.2, 0.25) is 14.4 Å². The minimum atomic E-state index is 0.00193. The van der Waals surface area contributed by atoms with Crippen molar-refractivity contribution in [2.24, 2.45) is 0 Å². The molecule has 1 aromatic carbocycles. The number of carbonyl (C=O) groups is 1. The number of rotatable bonds is 3. The molecule has 1 aromatic heterocycles. The molecule has 0 aliphatic rings. The third-order valence-electron chi connectivity index (χ3n) is 2.21. The molecule has 2 rings (SSSR count). The average molecular weight is 306 g/mol. The van der Waals surface area contributed by atoms with Crippen molar-refractivity contribution >= 4 is 51.9 Å². The number of benzene rings is 1. The Balaban J connectivity index is 2.17. The van der Waals surface area contributed by atoms with Gasteiger partial charge in [-0.3, -0.25) is 4.79 Å². The van der Waals surface area contributed by atoms with Crippen LogP contribution in [-0.2, 0) is 6.42 Å².